The molecular weight excluding hydrogens is 266 g/mol. The van der Waals surface area contributed by atoms with Crippen LogP contribution in [0.2, 0.25) is 0 Å². The second-order valence-electron chi connectivity index (χ2n) is 5.23. The number of hydrazone groups is 1. The molecule has 1 aromatic carbocycles. The highest BCUT2D eigenvalue weighted by molar-refractivity contribution is 5.81. The summed E-state index contributed by atoms with van der Waals surface area (Å²) in [6.07, 6.45) is 4.17. The molecule has 1 aliphatic rings. The average molecular weight is 289 g/mol. The number of piperazine rings is 1. The van der Waals surface area contributed by atoms with Crippen LogP contribution in [-0.4, -0.2) is 61.6 Å². The first-order valence-electron chi connectivity index (χ1n) is 7.12. The molecule has 0 aromatic heterocycles. The number of allylic oxidation sites excluding steroid dienone is 1. The molecule has 0 radical (unpaired) electrons. The normalized spacial score (nSPS) is 16.4. The summed E-state index contributed by atoms with van der Waals surface area (Å²) in [5, 5.41) is 16.6. The van der Waals surface area contributed by atoms with E-state index in [1.807, 2.05) is 12.3 Å². The highest BCUT2D eigenvalue weighted by Crippen LogP contribution is 2.31. The van der Waals surface area contributed by atoms with Gasteiger partial charge in [0.25, 0.3) is 0 Å². The minimum absolute atomic E-state index is 0.175. The van der Waals surface area contributed by atoms with Crippen molar-refractivity contribution in [1.82, 2.24) is 9.91 Å². The SMILES string of the molecule is C=CCc1cc(C=NN2CCN(C)CC2)cc(OC)c1O. The van der Waals surface area contributed by atoms with Gasteiger partial charge in [0.05, 0.1) is 13.3 Å². The lowest BCUT2D eigenvalue weighted by molar-refractivity contribution is 0.159. The summed E-state index contributed by atoms with van der Waals surface area (Å²) in [7, 11) is 3.67. The molecule has 0 bridgehead atoms. The van der Waals surface area contributed by atoms with E-state index in [1.54, 1.807) is 19.3 Å². The van der Waals surface area contributed by atoms with Gasteiger partial charge in [0.1, 0.15) is 0 Å². The number of benzene rings is 1. The van der Waals surface area contributed by atoms with Crippen LogP contribution >= 0.6 is 0 Å². The van der Waals surface area contributed by atoms with Gasteiger partial charge in [-0.05, 0) is 31.2 Å². The molecule has 0 atom stereocenters. The van der Waals surface area contributed by atoms with Crippen LogP contribution in [-0.2, 0) is 6.42 Å². The molecule has 2 rings (SSSR count). The summed E-state index contributed by atoms with van der Waals surface area (Å²) in [6.45, 7) is 7.63. The quantitative estimate of drug-likeness (QED) is 0.662. The standard InChI is InChI=1S/C16H23N3O2/c1-4-5-14-10-13(11-15(21-3)16(14)20)12-17-19-8-6-18(2)7-9-19/h4,10-12,20H,1,5-9H2,2-3H3. The third kappa shape index (κ3) is 3.98. The van der Waals surface area contributed by atoms with Gasteiger partial charge in [0, 0.05) is 31.7 Å². The van der Waals surface area contributed by atoms with Crippen LogP contribution in [0, 0.1) is 0 Å². The Bertz CT molecular complexity index is 520. The lowest BCUT2D eigenvalue weighted by Crippen LogP contribution is -2.41. The van der Waals surface area contributed by atoms with Crippen LogP contribution < -0.4 is 4.74 Å². The molecule has 1 fully saturated rings. The van der Waals surface area contributed by atoms with Gasteiger partial charge in [0.15, 0.2) is 11.5 Å². The van der Waals surface area contributed by atoms with Crippen molar-refractivity contribution < 1.29 is 9.84 Å². The predicted octanol–water partition coefficient (Wildman–Crippen LogP) is 1.71. The Labute approximate surface area is 126 Å². The average Bonchev–Trinajstić information content (AvgIpc) is 2.49. The highest BCUT2D eigenvalue weighted by Gasteiger charge is 2.12. The molecule has 1 heterocycles. The number of hydrogen-bond acceptors (Lipinski definition) is 5. The van der Waals surface area contributed by atoms with E-state index in [4.69, 9.17) is 4.74 Å². The maximum atomic E-state index is 10.1. The highest BCUT2D eigenvalue weighted by atomic mass is 16.5. The molecule has 21 heavy (non-hydrogen) atoms. The summed E-state index contributed by atoms with van der Waals surface area (Å²) in [6, 6.07) is 3.71. The number of methoxy groups -OCH3 is 1. The van der Waals surface area contributed by atoms with E-state index in [2.05, 4.69) is 28.6 Å². The molecule has 0 unspecified atom stereocenters. The van der Waals surface area contributed by atoms with Gasteiger partial charge in [-0.25, -0.2) is 0 Å². The van der Waals surface area contributed by atoms with Crippen molar-refractivity contribution in [3.63, 3.8) is 0 Å². The molecule has 114 valence electrons. The molecule has 1 aromatic rings. The van der Waals surface area contributed by atoms with Gasteiger partial charge in [0.2, 0.25) is 0 Å². The lowest BCUT2D eigenvalue weighted by Gasteiger charge is -2.30. The third-order valence-electron chi connectivity index (χ3n) is 3.61. The molecule has 0 saturated carbocycles. The van der Waals surface area contributed by atoms with E-state index in [0.29, 0.717) is 12.2 Å². The van der Waals surface area contributed by atoms with E-state index >= 15 is 0 Å². The minimum Gasteiger partial charge on any atom is -0.504 e. The fourth-order valence-corrected chi connectivity index (χ4v) is 2.29. The van der Waals surface area contributed by atoms with E-state index in [-0.39, 0.29) is 5.75 Å². The van der Waals surface area contributed by atoms with Gasteiger partial charge in [-0.1, -0.05) is 6.08 Å². The summed E-state index contributed by atoms with van der Waals surface area (Å²) in [5.41, 5.74) is 1.71. The molecule has 1 N–H and O–H groups in total. The maximum absolute atomic E-state index is 10.1. The van der Waals surface area contributed by atoms with Crippen LogP contribution in [0.4, 0.5) is 0 Å². The lowest BCUT2D eigenvalue weighted by atomic mass is 10.1. The van der Waals surface area contributed by atoms with Crippen molar-refractivity contribution >= 4 is 6.21 Å². The number of nitrogens with zero attached hydrogens (tertiary/aromatic N) is 3. The molecular formula is C16H23N3O2. The predicted molar refractivity (Wildman–Crippen MR) is 85.2 cm³/mol. The molecule has 0 amide bonds. The Hall–Kier alpha value is -2.01. The smallest absolute Gasteiger partial charge is 0.161 e. The largest absolute Gasteiger partial charge is 0.504 e. The first-order chi connectivity index (χ1) is 10.1. The summed E-state index contributed by atoms with van der Waals surface area (Å²) in [4.78, 5) is 2.29. The molecule has 5 heteroatoms. The first-order valence-corrected chi connectivity index (χ1v) is 7.12. The van der Waals surface area contributed by atoms with E-state index < -0.39 is 0 Å². The number of phenols is 1. The zero-order valence-electron chi connectivity index (χ0n) is 12.7. The number of aromatic hydroxyl groups is 1. The Balaban J connectivity index is 2.15. The van der Waals surface area contributed by atoms with Crippen LogP contribution in [0.5, 0.6) is 11.5 Å². The van der Waals surface area contributed by atoms with Crippen molar-refractivity contribution in [3.8, 4) is 11.5 Å². The Morgan fingerprint density at radius 3 is 2.67 bits per heavy atom. The van der Waals surface area contributed by atoms with Crippen molar-refractivity contribution in [2.24, 2.45) is 5.10 Å². The van der Waals surface area contributed by atoms with Crippen LogP contribution in [0.1, 0.15) is 11.1 Å². The second-order valence-corrected chi connectivity index (χ2v) is 5.23. The molecule has 0 aliphatic carbocycles. The van der Waals surface area contributed by atoms with Crippen LogP contribution in [0.25, 0.3) is 0 Å². The summed E-state index contributed by atoms with van der Waals surface area (Å²) < 4.78 is 5.21. The summed E-state index contributed by atoms with van der Waals surface area (Å²) in [5.74, 6) is 0.642. The van der Waals surface area contributed by atoms with Gasteiger partial charge >= 0.3 is 0 Å². The second kappa shape index (κ2) is 7.13. The number of ether oxygens (including phenoxy) is 1. The van der Waals surface area contributed by atoms with Crippen molar-refractivity contribution in [3.05, 3.63) is 35.9 Å². The monoisotopic (exact) mass is 289 g/mol. The number of phenolic OH excluding ortho intramolecular Hbond substituents is 1. The van der Waals surface area contributed by atoms with Crippen molar-refractivity contribution in [2.45, 2.75) is 6.42 Å². The van der Waals surface area contributed by atoms with Crippen LogP contribution in [0.3, 0.4) is 0 Å². The number of hydrogen-bond donors (Lipinski definition) is 1. The fourth-order valence-electron chi connectivity index (χ4n) is 2.29. The van der Waals surface area contributed by atoms with E-state index in [1.165, 1.54) is 0 Å². The number of rotatable bonds is 5. The fraction of sp³-hybridized carbons (Fsp3) is 0.438. The van der Waals surface area contributed by atoms with E-state index in [0.717, 1.165) is 37.3 Å². The van der Waals surface area contributed by atoms with Gasteiger partial charge < -0.3 is 14.7 Å². The van der Waals surface area contributed by atoms with Crippen molar-refractivity contribution in [2.75, 3.05) is 40.3 Å². The molecule has 1 aliphatic heterocycles. The van der Waals surface area contributed by atoms with Gasteiger partial charge in [-0.3, -0.25) is 5.01 Å². The number of likely N-dealkylation sites (N-methyl/N-ethyl adjacent to an activating group) is 1. The molecule has 5 nitrogen and oxygen atoms in total. The van der Waals surface area contributed by atoms with Crippen LogP contribution in [0.15, 0.2) is 29.9 Å². The Morgan fingerprint density at radius 2 is 2.05 bits per heavy atom. The molecule has 1 saturated heterocycles. The Kier molecular flexibility index (Phi) is 5.22. The van der Waals surface area contributed by atoms with Gasteiger partial charge in [-0.15, -0.1) is 6.58 Å². The maximum Gasteiger partial charge on any atom is 0.161 e. The third-order valence-corrected chi connectivity index (χ3v) is 3.61. The van der Waals surface area contributed by atoms with E-state index in [9.17, 15) is 5.11 Å². The Morgan fingerprint density at radius 1 is 1.33 bits per heavy atom. The minimum atomic E-state index is 0.175. The summed E-state index contributed by atoms with van der Waals surface area (Å²) >= 11 is 0. The van der Waals surface area contributed by atoms with Gasteiger partial charge in [-0.2, -0.15) is 5.10 Å². The first kappa shape index (κ1) is 15.4. The topological polar surface area (TPSA) is 48.3 Å². The molecule has 0 spiro atoms. The zero-order chi connectivity index (χ0) is 15.2. The zero-order valence-corrected chi connectivity index (χ0v) is 12.7. The van der Waals surface area contributed by atoms with Crippen molar-refractivity contribution in [1.29, 1.82) is 0 Å².